The van der Waals surface area contributed by atoms with E-state index in [1.165, 1.54) is 24.3 Å². The molecular formula is C17H22FNO2. The molecule has 0 spiro atoms. The van der Waals surface area contributed by atoms with Gasteiger partial charge >= 0.3 is 0 Å². The van der Waals surface area contributed by atoms with E-state index in [2.05, 4.69) is 6.92 Å². The van der Waals surface area contributed by atoms with Gasteiger partial charge in [0, 0.05) is 31.5 Å². The molecule has 0 aliphatic carbocycles. The van der Waals surface area contributed by atoms with Gasteiger partial charge in [0.15, 0.2) is 5.78 Å². The number of nitrogens with zero attached hydrogens (tertiary/aromatic N) is 1. The van der Waals surface area contributed by atoms with Crippen molar-refractivity contribution in [3.63, 3.8) is 0 Å². The van der Waals surface area contributed by atoms with E-state index in [1.807, 2.05) is 4.90 Å². The number of likely N-dealkylation sites (tertiary alicyclic amines) is 1. The predicted octanol–water partition coefficient (Wildman–Crippen LogP) is 3.44. The average Bonchev–Trinajstić information content (AvgIpc) is 2.63. The van der Waals surface area contributed by atoms with E-state index < -0.39 is 0 Å². The highest BCUT2D eigenvalue weighted by Crippen LogP contribution is 2.18. The Kier molecular flexibility index (Phi) is 5.48. The molecule has 1 unspecified atom stereocenters. The first-order valence-corrected chi connectivity index (χ1v) is 7.63. The Morgan fingerprint density at radius 3 is 2.71 bits per heavy atom. The summed E-state index contributed by atoms with van der Waals surface area (Å²) < 4.78 is 12.8. The fraction of sp³-hybridized carbons (Fsp3) is 0.529. The first-order chi connectivity index (χ1) is 10.1. The highest BCUT2D eigenvalue weighted by molar-refractivity contribution is 5.96. The van der Waals surface area contributed by atoms with Gasteiger partial charge in [-0.3, -0.25) is 9.59 Å². The van der Waals surface area contributed by atoms with Gasteiger partial charge in [-0.15, -0.1) is 0 Å². The third kappa shape index (κ3) is 4.66. The number of hydrogen-bond acceptors (Lipinski definition) is 2. The summed E-state index contributed by atoms with van der Waals surface area (Å²) in [5, 5.41) is 0. The summed E-state index contributed by atoms with van der Waals surface area (Å²) in [6.45, 7) is 3.61. The van der Waals surface area contributed by atoms with Crippen molar-refractivity contribution < 1.29 is 14.0 Å². The summed E-state index contributed by atoms with van der Waals surface area (Å²) >= 11 is 0. The largest absolute Gasteiger partial charge is 0.343 e. The molecule has 1 amide bonds. The minimum Gasteiger partial charge on any atom is -0.343 e. The van der Waals surface area contributed by atoms with Crippen molar-refractivity contribution in [1.29, 1.82) is 0 Å². The first-order valence-electron chi connectivity index (χ1n) is 7.63. The molecule has 2 rings (SSSR count). The maximum atomic E-state index is 12.8. The zero-order valence-corrected chi connectivity index (χ0v) is 12.5. The SMILES string of the molecule is CC1CCC(=O)N(CCCC(=O)c2ccc(F)cc2)CC1. The van der Waals surface area contributed by atoms with Crippen molar-refractivity contribution in [3.8, 4) is 0 Å². The van der Waals surface area contributed by atoms with Gasteiger partial charge in [0.25, 0.3) is 0 Å². The molecule has 1 aromatic carbocycles. The van der Waals surface area contributed by atoms with Crippen LogP contribution in [-0.2, 0) is 4.79 Å². The summed E-state index contributed by atoms with van der Waals surface area (Å²) in [4.78, 5) is 25.8. The van der Waals surface area contributed by atoms with Crippen LogP contribution < -0.4 is 0 Å². The number of carbonyl (C=O) groups excluding carboxylic acids is 2. The molecule has 0 saturated carbocycles. The van der Waals surface area contributed by atoms with Crippen molar-refractivity contribution in [2.24, 2.45) is 5.92 Å². The molecular weight excluding hydrogens is 269 g/mol. The van der Waals surface area contributed by atoms with Crippen LogP contribution in [0.4, 0.5) is 4.39 Å². The fourth-order valence-electron chi connectivity index (χ4n) is 2.62. The van der Waals surface area contributed by atoms with Crippen LogP contribution in [0, 0.1) is 11.7 Å². The molecule has 1 fully saturated rings. The van der Waals surface area contributed by atoms with Gasteiger partial charge in [0.2, 0.25) is 5.91 Å². The van der Waals surface area contributed by atoms with Crippen molar-refractivity contribution >= 4 is 11.7 Å². The number of hydrogen-bond donors (Lipinski definition) is 0. The number of benzene rings is 1. The molecule has 114 valence electrons. The Bertz CT molecular complexity index is 498. The molecule has 0 aromatic heterocycles. The Morgan fingerprint density at radius 1 is 1.29 bits per heavy atom. The molecule has 3 nitrogen and oxygen atoms in total. The number of amides is 1. The summed E-state index contributed by atoms with van der Waals surface area (Å²) in [5.41, 5.74) is 0.534. The van der Waals surface area contributed by atoms with E-state index >= 15 is 0 Å². The first kappa shape index (κ1) is 15.7. The summed E-state index contributed by atoms with van der Waals surface area (Å²) in [7, 11) is 0. The third-order valence-corrected chi connectivity index (χ3v) is 4.09. The van der Waals surface area contributed by atoms with E-state index in [0.717, 1.165) is 19.4 Å². The van der Waals surface area contributed by atoms with Crippen LogP contribution in [0.15, 0.2) is 24.3 Å². The van der Waals surface area contributed by atoms with Gasteiger partial charge in [0.05, 0.1) is 0 Å². The second-order valence-electron chi connectivity index (χ2n) is 5.85. The van der Waals surface area contributed by atoms with Gasteiger partial charge < -0.3 is 4.90 Å². The van der Waals surface area contributed by atoms with E-state index in [4.69, 9.17) is 0 Å². The fourth-order valence-corrected chi connectivity index (χ4v) is 2.62. The molecule has 1 aromatic rings. The summed E-state index contributed by atoms with van der Waals surface area (Å²) in [5.74, 6) is 0.467. The quantitative estimate of drug-likeness (QED) is 0.779. The lowest BCUT2D eigenvalue weighted by Gasteiger charge is -2.20. The zero-order valence-electron chi connectivity index (χ0n) is 12.5. The van der Waals surface area contributed by atoms with Crippen molar-refractivity contribution in [3.05, 3.63) is 35.6 Å². The summed E-state index contributed by atoms with van der Waals surface area (Å²) in [6, 6.07) is 5.62. The lowest BCUT2D eigenvalue weighted by molar-refractivity contribution is -0.130. The van der Waals surface area contributed by atoms with Crippen LogP contribution in [0.5, 0.6) is 0 Å². The van der Waals surface area contributed by atoms with Gasteiger partial charge in [-0.25, -0.2) is 4.39 Å². The number of rotatable bonds is 5. The standard InChI is InChI=1S/C17H22FNO2/c1-13-4-9-17(21)19(12-10-13)11-2-3-16(20)14-5-7-15(18)8-6-14/h5-8,13H,2-4,9-12H2,1H3. The Balaban J connectivity index is 1.79. The molecule has 1 aliphatic heterocycles. The van der Waals surface area contributed by atoms with E-state index in [1.54, 1.807) is 0 Å². The van der Waals surface area contributed by atoms with Crippen LogP contribution in [0.1, 0.15) is 49.4 Å². The van der Waals surface area contributed by atoms with Crippen LogP contribution in [0.3, 0.4) is 0 Å². The highest BCUT2D eigenvalue weighted by Gasteiger charge is 2.19. The highest BCUT2D eigenvalue weighted by atomic mass is 19.1. The molecule has 0 N–H and O–H groups in total. The second kappa shape index (κ2) is 7.34. The molecule has 1 atom stereocenters. The summed E-state index contributed by atoms with van der Waals surface area (Å²) in [6.07, 6.45) is 3.68. The van der Waals surface area contributed by atoms with E-state index in [0.29, 0.717) is 37.3 Å². The topological polar surface area (TPSA) is 37.4 Å². The van der Waals surface area contributed by atoms with Crippen LogP contribution in [0.2, 0.25) is 0 Å². The molecule has 21 heavy (non-hydrogen) atoms. The lowest BCUT2D eigenvalue weighted by Crippen LogP contribution is -2.31. The predicted molar refractivity (Wildman–Crippen MR) is 79.6 cm³/mol. The number of ketones is 1. The smallest absolute Gasteiger partial charge is 0.222 e. The maximum Gasteiger partial charge on any atom is 0.222 e. The number of Topliss-reactive ketones (excluding diaryl/α,β-unsaturated/α-hetero) is 1. The second-order valence-corrected chi connectivity index (χ2v) is 5.85. The van der Waals surface area contributed by atoms with Crippen LogP contribution >= 0.6 is 0 Å². The molecule has 0 radical (unpaired) electrons. The molecule has 0 bridgehead atoms. The van der Waals surface area contributed by atoms with Gasteiger partial charge in [-0.1, -0.05) is 6.92 Å². The number of carbonyl (C=O) groups is 2. The Labute approximate surface area is 125 Å². The Hall–Kier alpha value is -1.71. The Morgan fingerprint density at radius 2 is 2.00 bits per heavy atom. The van der Waals surface area contributed by atoms with Gasteiger partial charge in [-0.2, -0.15) is 0 Å². The molecule has 1 saturated heterocycles. The van der Waals surface area contributed by atoms with Crippen molar-refractivity contribution in [1.82, 2.24) is 4.90 Å². The minimum absolute atomic E-state index is 0.00522. The minimum atomic E-state index is -0.337. The normalized spacial score (nSPS) is 19.4. The number of halogens is 1. The third-order valence-electron chi connectivity index (χ3n) is 4.09. The lowest BCUT2D eigenvalue weighted by atomic mass is 10.0. The van der Waals surface area contributed by atoms with Crippen molar-refractivity contribution in [2.75, 3.05) is 13.1 Å². The molecule has 1 heterocycles. The van der Waals surface area contributed by atoms with Gasteiger partial charge in [0.1, 0.15) is 5.82 Å². The van der Waals surface area contributed by atoms with Gasteiger partial charge in [-0.05, 0) is 49.4 Å². The average molecular weight is 291 g/mol. The monoisotopic (exact) mass is 291 g/mol. The van der Waals surface area contributed by atoms with Crippen LogP contribution in [0.25, 0.3) is 0 Å². The maximum absolute atomic E-state index is 12.8. The van der Waals surface area contributed by atoms with E-state index in [-0.39, 0.29) is 17.5 Å². The molecule has 1 aliphatic rings. The molecule has 4 heteroatoms. The zero-order chi connectivity index (χ0) is 15.2. The van der Waals surface area contributed by atoms with Crippen molar-refractivity contribution in [2.45, 2.75) is 39.0 Å². The van der Waals surface area contributed by atoms with Crippen LogP contribution in [-0.4, -0.2) is 29.7 Å². The van der Waals surface area contributed by atoms with E-state index in [9.17, 15) is 14.0 Å².